The maximum absolute atomic E-state index is 12.6. The van der Waals surface area contributed by atoms with Crippen LogP contribution in [0.3, 0.4) is 0 Å². The fraction of sp³-hybridized carbons (Fsp3) is 0.471. The summed E-state index contributed by atoms with van der Waals surface area (Å²) in [5, 5.41) is 12.9. The van der Waals surface area contributed by atoms with Gasteiger partial charge >= 0.3 is 5.97 Å². The molecule has 0 spiro atoms. The van der Waals surface area contributed by atoms with Crippen LogP contribution in [0.4, 0.5) is 5.13 Å². The number of nitrogens with one attached hydrogen (secondary N) is 1. The monoisotopic (exact) mass is 440 g/mol. The van der Waals surface area contributed by atoms with Gasteiger partial charge in [-0.1, -0.05) is 29.2 Å². The second-order valence-corrected chi connectivity index (χ2v) is 9.19. The largest absolute Gasteiger partial charge is 0.465 e. The first-order valence-electron chi connectivity index (χ1n) is 8.81. The van der Waals surface area contributed by atoms with Gasteiger partial charge in [-0.05, 0) is 31.2 Å². The minimum absolute atomic E-state index is 0.0388. The summed E-state index contributed by atoms with van der Waals surface area (Å²) >= 11 is 3.94. The number of amides is 2. The van der Waals surface area contributed by atoms with Crippen molar-refractivity contribution in [2.24, 2.45) is 0 Å². The number of thiophene rings is 1. The van der Waals surface area contributed by atoms with Gasteiger partial charge in [0.25, 0.3) is 0 Å². The third kappa shape index (κ3) is 5.52. The predicted octanol–water partition coefficient (Wildman–Crippen LogP) is 2.43. The zero-order chi connectivity index (χ0) is 19.9. The molecule has 3 heterocycles. The first-order valence-corrected chi connectivity index (χ1v) is 11.5. The van der Waals surface area contributed by atoms with Gasteiger partial charge in [0.2, 0.25) is 16.9 Å². The highest BCUT2D eigenvalue weighted by molar-refractivity contribution is 8.01. The van der Waals surface area contributed by atoms with Crippen LogP contribution in [0.5, 0.6) is 0 Å². The molecule has 0 radical (unpaired) electrons. The fourth-order valence-electron chi connectivity index (χ4n) is 2.83. The number of carbonyl (C=O) groups excluding carboxylic acids is 3. The molecule has 150 valence electrons. The molecule has 8 nitrogen and oxygen atoms in total. The number of thioether (sulfide) groups is 1. The molecule has 28 heavy (non-hydrogen) atoms. The van der Waals surface area contributed by atoms with Crippen LogP contribution in [0.25, 0.3) is 0 Å². The van der Waals surface area contributed by atoms with E-state index in [0.717, 1.165) is 11.3 Å². The molecule has 1 N–H and O–H groups in total. The lowest BCUT2D eigenvalue weighted by Crippen LogP contribution is -2.43. The van der Waals surface area contributed by atoms with Crippen molar-refractivity contribution in [3.8, 4) is 0 Å². The van der Waals surface area contributed by atoms with Gasteiger partial charge in [0.15, 0.2) is 4.34 Å². The van der Waals surface area contributed by atoms with E-state index in [-0.39, 0.29) is 23.5 Å². The van der Waals surface area contributed by atoms with Crippen LogP contribution >= 0.6 is 34.4 Å². The highest BCUT2D eigenvalue weighted by atomic mass is 32.2. The normalized spacial score (nSPS) is 16.2. The van der Waals surface area contributed by atoms with Gasteiger partial charge in [0.1, 0.15) is 6.04 Å². The molecule has 1 atom stereocenters. The summed E-state index contributed by atoms with van der Waals surface area (Å²) in [5.41, 5.74) is 0. The molecule has 2 amide bonds. The standard InChI is InChI=1S/C17H20N4O4S3/c1-2-25-14(23)10-27-17-20-19-16(28-17)18-15(24)12-6-3-7-21(12)13(22)9-11-5-4-8-26-11/h4-5,8,12H,2-3,6-7,9-10H2,1H3,(H,18,19,24). The molecule has 2 aromatic heterocycles. The molecule has 0 aromatic carbocycles. The van der Waals surface area contributed by atoms with Crippen LogP contribution in [0.1, 0.15) is 24.6 Å². The van der Waals surface area contributed by atoms with Crippen LogP contribution in [-0.2, 0) is 25.5 Å². The van der Waals surface area contributed by atoms with E-state index in [4.69, 9.17) is 4.74 Å². The van der Waals surface area contributed by atoms with Crippen LogP contribution in [0.2, 0.25) is 0 Å². The van der Waals surface area contributed by atoms with E-state index < -0.39 is 6.04 Å². The lowest BCUT2D eigenvalue weighted by Gasteiger charge is -2.23. The fourth-order valence-corrected chi connectivity index (χ4v) is 5.08. The van der Waals surface area contributed by atoms with Crippen LogP contribution < -0.4 is 5.32 Å². The maximum atomic E-state index is 12.6. The van der Waals surface area contributed by atoms with Crippen molar-refractivity contribution in [2.45, 2.75) is 36.6 Å². The molecule has 1 saturated heterocycles. The summed E-state index contributed by atoms with van der Waals surface area (Å²) < 4.78 is 5.43. The Kier molecular flexibility index (Phi) is 7.40. The maximum Gasteiger partial charge on any atom is 0.316 e. The third-order valence-corrected chi connectivity index (χ3v) is 6.86. The molecule has 3 rings (SSSR count). The zero-order valence-electron chi connectivity index (χ0n) is 15.3. The van der Waals surface area contributed by atoms with Gasteiger partial charge in [-0.25, -0.2) is 0 Å². The molecule has 0 saturated carbocycles. The van der Waals surface area contributed by atoms with E-state index in [1.54, 1.807) is 11.8 Å². The molecule has 0 aliphatic carbocycles. The van der Waals surface area contributed by atoms with Gasteiger partial charge in [-0.3, -0.25) is 19.7 Å². The molecule has 1 aliphatic rings. The van der Waals surface area contributed by atoms with Gasteiger partial charge < -0.3 is 9.64 Å². The minimum atomic E-state index is -0.494. The van der Waals surface area contributed by atoms with Crippen molar-refractivity contribution in [3.63, 3.8) is 0 Å². The SMILES string of the molecule is CCOC(=O)CSc1nnc(NC(=O)C2CCCN2C(=O)Cc2cccs2)s1. The Morgan fingerprint density at radius 2 is 2.25 bits per heavy atom. The quantitative estimate of drug-likeness (QED) is 0.382. The number of carbonyl (C=O) groups is 3. The average Bonchev–Trinajstić information content (AvgIpc) is 3.42. The smallest absolute Gasteiger partial charge is 0.316 e. The first-order chi connectivity index (χ1) is 13.6. The van der Waals surface area contributed by atoms with Crippen molar-refractivity contribution >= 4 is 57.4 Å². The van der Waals surface area contributed by atoms with Crippen LogP contribution in [-0.4, -0.2) is 57.8 Å². The molecule has 1 fully saturated rings. The number of hydrogen-bond acceptors (Lipinski definition) is 9. The van der Waals surface area contributed by atoms with Crippen molar-refractivity contribution in [1.29, 1.82) is 0 Å². The van der Waals surface area contributed by atoms with Crippen LogP contribution in [0, 0.1) is 0 Å². The second kappa shape index (κ2) is 9.99. The summed E-state index contributed by atoms with van der Waals surface area (Å²) in [6, 6.07) is 3.34. The Morgan fingerprint density at radius 1 is 1.39 bits per heavy atom. The number of likely N-dealkylation sites (tertiary alicyclic amines) is 1. The first kappa shape index (κ1) is 20.7. The number of ether oxygens (including phenoxy) is 1. The second-order valence-electron chi connectivity index (χ2n) is 5.96. The summed E-state index contributed by atoms with van der Waals surface area (Å²) in [6.45, 7) is 2.66. The van der Waals surface area contributed by atoms with Crippen molar-refractivity contribution in [3.05, 3.63) is 22.4 Å². The topological polar surface area (TPSA) is 101 Å². The molecule has 1 unspecified atom stereocenters. The predicted molar refractivity (Wildman–Crippen MR) is 109 cm³/mol. The number of aromatic nitrogens is 2. The van der Waals surface area contributed by atoms with Crippen LogP contribution in [0.15, 0.2) is 21.9 Å². The summed E-state index contributed by atoms with van der Waals surface area (Å²) in [4.78, 5) is 39.2. The molecule has 1 aliphatic heterocycles. The molecule has 11 heteroatoms. The van der Waals surface area contributed by atoms with E-state index in [2.05, 4.69) is 15.5 Å². The molecule has 2 aromatic rings. The van der Waals surface area contributed by atoms with E-state index in [9.17, 15) is 14.4 Å². The zero-order valence-corrected chi connectivity index (χ0v) is 17.7. The summed E-state index contributed by atoms with van der Waals surface area (Å²) in [5.74, 6) is -0.471. The van der Waals surface area contributed by atoms with Crippen molar-refractivity contribution < 1.29 is 19.1 Å². The highest BCUT2D eigenvalue weighted by Gasteiger charge is 2.34. The number of anilines is 1. The highest BCUT2D eigenvalue weighted by Crippen LogP contribution is 2.27. The number of nitrogens with zero attached hydrogens (tertiary/aromatic N) is 3. The van der Waals surface area contributed by atoms with Gasteiger partial charge in [0, 0.05) is 11.4 Å². The number of rotatable bonds is 8. The lowest BCUT2D eigenvalue weighted by atomic mass is 10.2. The Morgan fingerprint density at radius 3 is 3.00 bits per heavy atom. The summed E-state index contributed by atoms with van der Waals surface area (Å²) in [6.07, 6.45) is 1.74. The van der Waals surface area contributed by atoms with E-state index in [1.807, 2.05) is 17.5 Å². The minimum Gasteiger partial charge on any atom is -0.465 e. The molecule has 0 bridgehead atoms. The van der Waals surface area contributed by atoms with Crippen molar-refractivity contribution in [2.75, 3.05) is 24.2 Å². The number of esters is 1. The lowest BCUT2D eigenvalue weighted by molar-refractivity contribution is -0.139. The van der Waals surface area contributed by atoms with Gasteiger partial charge in [-0.15, -0.1) is 21.5 Å². The van der Waals surface area contributed by atoms with E-state index in [1.165, 1.54) is 34.4 Å². The van der Waals surface area contributed by atoms with Crippen molar-refractivity contribution in [1.82, 2.24) is 15.1 Å². The summed E-state index contributed by atoms with van der Waals surface area (Å²) in [7, 11) is 0. The van der Waals surface area contributed by atoms with E-state index >= 15 is 0 Å². The van der Waals surface area contributed by atoms with Gasteiger partial charge in [0.05, 0.1) is 18.8 Å². The van der Waals surface area contributed by atoms with Gasteiger partial charge in [-0.2, -0.15) is 0 Å². The van der Waals surface area contributed by atoms with E-state index in [0.29, 0.717) is 35.5 Å². The number of hydrogen-bond donors (Lipinski definition) is 1. The Labute approximate surface area is 174 Å². The molecular formula is C17H20N4O4S3. The Hall–Kier alpha value is -1.98. The molecular weight excluding hydrogens is 420 g/mol. The Bertz CT molecular complexity index is 824. The average molecular weight is 441 g/mol. The Balaban J connectivity index is 1.53. The third-order valence-electron chi connectivity index (χ3n) is 4.04.